The molecule has 5 nitrogen and oxygen atoms in total. The Morgan fingerprint density at radius 3 is 2.73 bits per heavy atom. The van der Waals surface area contributed by atoms with E-state index in [4.69, 9.17) is 5.73 Å². The smallest absolute Gasteiger partial charge is 0.191 e. The molecule has 0 atom stereocenters. The summed E-state index contributed by atoms with van der Waals surface area (Å²) in [4.78, 5) is 6.65. The Morgan fingerprint density at radius 2 is 1.95 bits per heavy atom. The highest BCUT2D eigenvalue weighted by atomic mass is 32.2. The fraction of sp³-hybridized carbons (Fsp3) is 0.375. The molecule has 1 saturated heterocycles. The van der Waals surface area contributed by atoms with Crippen LogP contribution in [0.25, 0.3) is 0 Å². The van der Waals surface area contributed by atoms with E-state index in [0.717, 1.165) is 36.7 Å². The van der Waals surface area contributed by atoms with Gasteiger partial charge in [-0.1, -0.05) is 30.3 Å². The van der Waals surface area contributed by atoms with E-state index in [1.165, 1.54) is 5.56 Å². The van der Waals surface area contributed by atoms with E-state index in [-0.39, 0.29) is 0 Å². The molecule has 0 saturated carbocycles. The summed E-state index contributed by atoms with van der Waals surface area (Å²) in [6.45, 7) is 3.36. The number of nitrogens with zero attached hydrogens (tertiary/aromatic N) is 4. The van der Waals surface area contributed by atoms with E-state index < -0.39 is 0 Å². The Labute approximate surface area is 135 Å². The number of hydrogen-bond donors (Lipinski definition) is 1. The van der Waals surface area contributed by atoms with Crippen LogP contribution in [0.3, 0.4) is 0 Å². The molecular weight excluding hydrogens is 294 g/mol. The van der Waals surface area contributed by atoms with Gasteiger partial charge in [-0.3, -0.25) is 4.68 Å². The van der Waals surface area contributed by atoms with Gasteiger partial charge in [0.2, 0.25) is 0 Å². The van der Waals surface area contributed by atoms with Crippen LogP contribution in [-0.4, -0.2) is 45.2 Å². The van der Waals surface area contributed by atoms with E-state index in [1.54, 1.807) is 0 Å². The normalized spacial score (nSPS) is 16.0. The number of rotatable bonds is 4. The van der Waals surface area contributed by atoms with Gasteiger partial charge in [0.25, 0.3) is 0 Å². The molecule has 1 aromatic heterocycles. The van der Waals surface area contributed by atoms with Gasteiger partial charge >= 0.3 is 0 Å². The summed E-state index contributed by atoms with van der Waals surface area (Å²) in [5, 5.41) is 4.39. The summed E-state index contributed by atoms with van der Waals surface area (Å²) in [5.74, 6) is 2.91. The van der Waals surface area contributed by atoms with E-state index in [2.05, 4.69) is 27.1 Å². The lowest BCUT2D eigenvalue weighted by Gasteiger charge is -2.27. The van der Waals surface area contributed by atoms with Crippen molar-refractivity contribution in [1.82, 2.24) is 14.7 Å². The zero-order valence-corrected chi connectivity index (χ0v) is 13.4. The zero-order chi connectivity index (χ0) is 15.2. The summed E-state index contributed by atoms with van der Waals surface area (Å²) in [7, 11) is 0. The number of benzene rings is 1. The zero-order valence-electron chi connectivity index (χ0n) is 12.6. The minimum atomic E-state index is 0.588. The summed E-state index contributed by atoms with van der Waals surface area (Å²) in [6.07, 6.45) is 3.90. The molecule has 1 aromatic carbocycles. The Morgan fingerprint density at radius 1 is 1.18 bits per heavy atom. The van der Waals surface area contributed by atoms with Crippen LogP contribution in [0.5, 0.6) is 0 Å². The molecule has 2 N–H and O–H groups in total. The molecule has 6 heteroatoms. The van der Waals surface area contributed by atoms with Crippen molar-refractivity contribution in [3.63, 3.8) is 0 Å². The van der Waals surface area contributed by atoms with Gasteiger partial charge in [0.05, 0.1) is 19.3 Å². The van der Waals surface area contributed by atoms with Crippen LogP contribution in [0.15, 0.2) is 47.7 Å². The van der Waals surface area contributed by atoms with Crippen LogP contribution < -0.4 is 5.73 Å². The number of guanidine groups is 1. The van der Waals surface area contributed by atoms with Crippen LogP contribution in [-0.2, 0) is 13.1 Å². The van der Waals surface area contributed by atoms with Gasteiger partial charge < -0.3 is 10.6 Å². The van der Waals surface area contributed by atoms with Gasteiger partial charge in [-0.15, -0.1) is 0 Å². The van der Waals surface area contributed by atoms with Gasteiger partial charge in [-0.25, -0.2) is 4.99 Å². The average molecular weight is 315 g/mol. The molecule has 0 aliphatic carbocycles. The number of aromatic nitrogens is 2. The third-order valence-electron chi connectivity index (χ3n) is 3.63. The number of aliphatic imine (C=N–C) groups is 1. The second kappa shape index (κ2) is 7.35. The molecule has 2 heterocycles. The molecule has 0 radical (unpaired) electrons. The van der Waals surface area contributed by atoms with Crippen molar-refractivity contribution < 1.29 is 0 Å². The Balaban J connectivity index is 1.57. The predicted octanol–water partition coefficient (Wildman–Crippen LogP) is 1.79. The molecule has 0 amide bonds. The number of hydrogen-bond acceptors (Lipinski definition) is 3. The molecule has 1 aliphatic rings. The maximum Gasteiger partial charge on any atom is 0.191 e. The molecule has 116 valence electrons. The highest BCUT2D eigenvalue weighted by molar-refractivity contribution is 7.99. The summed E-state index contributed by atoms with van der Waals surface area (Å²) in [6, 6.07) is 10.3. The molecule has 1 fully saturated rings. The van der Waals surface area contributed by atoms with Crippen molar-refractivity contribution in [2.45, 2.75) is 13.1 Å². The highest BCUT2D eigenvalue weighted by Crippen LogP contribution is 2.09. The van der Waals surface area contributed by atoms with E-state index >= 15 is 0 Å². The first-order valence-electron chi connectivity index (χ1n) is 7.49. The van der Waals surface area contributed by atoms with Gasteiger partial charge in [-0.2, -0.15) is 16.9 Å². The predicted molar refractivity (Wildman–Crippen MR) is 92.0 cm³/mol. The van der Waals surface area contributed by atoms with Crippen molar-refractivity contribution in [3.05, 3.63) is 53.9 Å². The lowest BCUT2D eigenvalue weighted by molar-refractivity contribution is 0.455. The average Bonchev–Trinajstić information content (AvgIpc) is 3.02. The molecule has 0 bridgehead atoms. The van der Waals surface area contributed by atoms with Crippen molar-refractivity contribution >= 4 is 17.7 Å². The summed E-state index contributed by atoms with van der Waals surface area (Å²) >= 11 is 1.97. The van der Waals surface area contributed by atoms with Crippen LogP contribution in [0, 0.1) is 0 Å². The van der Waals surface area contributed by atoms with E-state index in [1.807, 2.05) is 47.0 Å². The first-order chi connectivity index (χ1) is 10.8. The lowest BCUT2D eigenvalue weighted by Crippen LogP contribution is -2.42. The number of thioether (sulfide) groups is 1. The quantitative estimate of drug-likeness (QED) is 0.690. The SMILES string of the molecule is NC(=NCc1cnn(Cc2ccccc2)c1)N1CCSCC1. The lowest BCUT2D eigenvalue weighted by atomic mass is 10.2. The molecule has 0 spiro atoms. The van der Waals surface area contributed by atoms with Crippen molar-refractivity contribution in [2.75, 3.05) is 24.6 Å². The van der Waals surface area contributed by atoms with E-state index in [9.17, 15) is 0 Å². The highest BCUT2D eigenvalue weighted by Gasteiger charge is 2.12. The minimum absolute atomic E-state index is 0.588. The Hall–Kier alpha value is -1.95. The van der Waals surface area contributed by atoms with Crippen molar-refractivity contribution in [1.29, 1.82) is 0 Å². The van der Waals surface area contributed by atoms with Crippen LogP contribution in [0.2, 0.25) is 0 Å². The van der Waals surface area contributed by atoms with Crippen LogP contribution in [0.4, 0.5) is 0 Å². The maximum absolute atomic E-state index is 6.07. The number of nitrogens with two attached hydrogens (primary N) is 1. The molecular formula is C16H21N5S. The third-order valence-corrected chi connectivity index (χ3v) is 4.58. The topological polar surface area (TPSA) is 59.4 Å². The standard InChI is InChI=1S/C16H21N5S/c17-16(20-6-8-22-9-7-20)18-10-15-11-19-21(13-15)12-14-4-2-1-3-5-14/h1-5,11,13H,6-10,12H2,(H2,17,18). The molecule has 22 heavy (non-hydrogen) atoms. The van der Waals surface area contributed by atoms with Gasteiger partial charge in [0, 0.05) is 36.4 Å². The summed E-state index contributed by atoms with van der Waals surface area (Å²) < 4.78 is 1.94. The van der Waals surface area contributed by atoms with Crippen molar-refractivity contribution in [2.24, 2.45) is 10.7 Å². The third kappa shape index (κ3) is 4.04. The second-order valence-corrected chi connectivity index (χ2v) is 6.53. The maximum atomic E-state index is 6.07. The van der Waals surface area contributed by atoms with Crippen molar-refractivity contribution in [3.8, 4) is 0 Å². The minimum Gasteiger partial charge on any atom is -0.370 e. The van der Waals surface area contributed by atoms with E-state index in [0.29, 0.717) is 12.5 Å². The molecule has 1 aliphatic heterocycles. The summed E-state index contributed by atoms with van der Waals surface area (Å²) in [5.41, 5.74) is 8.40. The first-order valence-corrected chi connectivity index (χ1v) is 8.64. The monoisotopic (exact) mass is 315 g/mol. The Kier molecular flexibility index (Phi) is 5.00. The molecule has 2 aromatic rings. The second-order valence-electron chi connectivity index (χ2n) is 5.31. The molecule has 0 unspecified atom stereocenters. The Bertz CT molecular complexity index is 616. The fourth-order valence-electron chi connectivity index (χ4n) is 2.41. The first kappa shape index (κ1) is 15.0. The van der Waals surface area contributed by atoms with Crippen LogP contribution in [0.1, 0.15) is 11.1 Å². The largest absolute Gasteiger partial charge is 0.370 e. The fourth-order valence-corrected chi connectivity index (χ4v) is 3.31. The van der Waals surface area contributed by atoms with Crippen LogP contribution >= 0.6 is 11.8 Å². The van der Waals surface area contributed by atoms with Gasteiger partial charge in [0.1, 0.15) is 0 Å². The van der Waals surface area contributed by atoms with Gasteiger partial charge in [0.15, 0.2) is 5.96 Å². The molecule has 3 rings (SSSR count). The van der Waals surface area contributed by atoms with Gasteiger partial charge in [-0.05, 0) is 5.56 Å².